The molecule has 0 aliphatic rings. The van der Waals surface area contributed by atoms with Crippen LogP contribution in [0.2, 0.25) is 5.02 Å². The van der Waals surface area contributed by atoms with Crippen LogP contribution in [0.15, 0.2) is 66.2 Å². The molecule has 0 unspecified atom stereocenters. The molecular formula is C24H18ClN3O6. The zero-order valence-corrected chi connectivity index (χ0v) is 18.6. The Kier molecular flexibility index (Phi) is 7.69. The molecule has 172 valence electrons. The number of carbonyl (C=O) groups is 1. The summed E-state index contributed by atoms with van der Waals surface area (Å²) < 4.78 is 11.2. The van der Waals surface area contributed by atoms with Gasteiger partial charge in [0.2, 0.25) is 0 Å². The number of carbonyl (C=O) groups excluding carboxylic acids is 1. The Morgan fingerprint density at radius 3 is 2.65 bits per heavy atom. The van der Waals surface area contributed by atoms with E-state index in [-0.39, 0.29) is 23.6 Å². The van der Waals surface area contributed by atoms with E-state index in [9.17, 15) is 25.3 Å². The number of hydrogen-bond donors (Lipinski definition) is 2. The lowest BCUT2D eigenvalue weighted by Crippen LogP contribution is -2.13. The average molecular weight is 480 g/mol. The molecule has 2 N–H and O–H groups in total. The van der Waals surface area contributed by atoms with Gasteiger partial charge in [-0.3, -0.25) is 14.9 Å². The second kappa shape index (κ2) is 10.8. The number of hydrogen-bond acceptors (Lipinski definition) is 7. The number of rotatable bonds is 8. The van der Waals surface area contributed by atoms with Crippen LogP contribution in [0.25, 0.3) is 6.08 Å². The molecular weight excluding hydrogens is 462 g/mol. The molecule has 0 atom stereocenters. The number of phenols is 1. The van der Waals surface area contributed by atoms with Crippen LogP contribution in [0.5, 0.6) is 17.2 Å². The monoisotopic (exact) mass is 479 g/mol. The normalized spacial score (nSPS) is 10.8. The van der Waals surface area contributed by atoms with Crippen molar-refractivity contribution in [2.75, 3.05) is 12.4 Å². The summed E-state index contributed by atoms with van der Waals surface area (Å²) >= 11 is 5.99. The number of methoxy groups -OCH3 is 1. The Bertz CT molecular complexity index is 1320. The highest BCUT2D eigenvalue weighted by molar-refractivity contribution is 6.30. The highest BCUT2D eigenvalue weighted by atomic mass is 35.5. The second-order valence-electron chi connectivity index (χ2n) is 6.91. The van der Waals surface area contributed by atoms with E-state index in [4.69, 9.17) is 21.1 Å². The minimum atomic E-state index is -0.799. The molecule has 1 amide bonds. The summed E-state index contributed by atoms with van der Waals surface area (Å²) in [6, 6.07) is 17.1. The Morgan fingerprint density at radius 1 is 1.21 bits per heavy atom. The van der Waals surface area contributed by atoms with Crippen LogP contribution in [0.4, 0.5) is 11.4 Å². The summed E-state index contributed by atoms with van der Waals surface area (Å²) in [4.78, 5) is 22.6. The molecule has 0 saturated heterocycles. The second-order valence-corrected chi connectivity index (χ2v) is 7.35. The van der Waals surface area contributed by atoms with Gasteiger partial charge in [-0.25, -0.2) is 0 Å². The molecule has 0 fully saturated rings. The Labute approximate surface area is 199 Å². The largest absolute Gasteiger partial charge is 0.506 e. The van der Waals surface area contributed by atoms with E-state index >= 15 is 0 Å². The summed E-state index contributed by atoms with van der Waals surface area (Å²) in [7, 11) is 1.46. The number of nitro groups is 1. The molecule has 9 nitrogen and oxygen atoms in total. The standard InChI is InChI=1S/C24H18ClN3O6/c1-33-23-11-15(5-8-22(23)34-14-16-3-2-4-18(25)10-16)9-17(13-26)24(30)27-20-7-6-19(28(31)32)12-21(20)29/h2-12,29H,14H2,1H3,(H,27,30). The van der Waals surface area contributed by atoms with Crippen molar-refractivity contribution in [2.45, 2.75) is 6.61 Å². The summed E-state index contributed by atoms with van der Waals surface area (Å²) in [5.41, 5.74) is 0.700. The van der Waals surface area contributed by atoms with Crippen molar-refractivity contribution in [1.82, 2.24) is 0 Å². The molecule has 0 aliphatic carbocycles. The van der Waals surface area contributed by atoms with Gasteiger partial charge < -0.3 is 19.9 Å². The third-order valence-corrected chi connectivity index (χ3v) is 4.82. The Hall–Kier alpha value is -4.55. The molecule has 0 saturated carbocycles. The van der Waals surface area contributed by atoms with Crippen LogP contribution in [0.1, 0.15) is 11.1 Å². The molecule has 0 spiro atoms. The SMILES string of the molecule is COc1cc(C=C(C#N)C(=O)Nc2ccc([N+](=O)[O-])cc2O)ccc1OCc1cccc(Cl)c1. The number of anilines is 1. The molecule has 3 rings (SSSR count). The zero-order valence-electron chi connectivity index (χ0n) is 17.8. The lowest BCUT2D eigenvalue weighted by molar-refractivity contribution is -0.384. The van der Waals surface area contributed by atoms with E-state index < -0.39 is 16.6 Å². The summed E-state index contributed by atoms with van der Waals surface area (Å²) in [5, 5.41) is 33.1. The van der Waals surface area contributed by atoms with Crippen LogP contribution < -0.4 is 14.8 Å². The molecule has 0 radical (unpaired) electrons. The molecule has 0 bridgehead atoms. The number of nitro benzene ring substituents is 1. The minimum Gasteiger partial charge on any atom is -0.506 e. The summed E-state index contributed by atoms with van der Waals surface area (Å²) in [5.74, 6) is -0.450. The maximum absolute atomic E-state index is 12.5. The van der Waals surface area contributed by atoms with E-state index in [1.807, 2.05) is 12.1 Å². The Balaban J connectivity index is 1.76. The number of phenolic OH excluding ortho intramolecular Hbond substituents is 1. The summed E-state index contributed by atoms with van der Waals surface area (Å²) in [6.07, 6.45) is 1.33. The molecule has 0 aromatic heterocycles. The molecule has 3 aromatic carbocycles. The minimum absolute atomic E-state index is 0.0703. The van der Waals surface area contributed by atoms with Crippen LogP contribution in [-0.2, 0) is 11.4 Å². The van der Waals surface area contributed by atoms with Gasteiger partial charge in [0.05, 0.1) is 23.8 Å². The van der Waals surface area contributed by atoms with Crippen molar-refractivity contribution in [3.05, 3.63) is 92.5 Å². The van der Waals surface area contributed by atoms with Gasteiger partial charge in [-0.15, -0.1) is 0 Å². The Morgan fingerprint density at radius 2 is 2.00 bits per heavy atom. The van der Waals surface area contributed by atoms with Gasteiger partial charge >= 0.3 is 0 Å². The number of nitrogens with zero attached hydrogens (tertiary/aromatic N) is 2. The fourth-order valence-electron chi connectivity index (χ4n) is 2.93. The highest BCUT2D eigenvalue weighted by Crippen LogP contribution is 2.31. The average Bonchev–Trinajstić information content (AvgIpc) is 2.82. The van der Waals surface area contributed by atoms with Crippen molar-refractivity contribution in [3.8, 4) is 23.3 Å². The number of nitriles is 1. The predicted molar refractivity (Wildman–Crippen MR) is 126 cm³/mol. The first-order valence-corrected chi connectivity index (χ1v) is 10.1. The lowest BCUT2D eigenvalue weighted by Gasteiger charge is -2.12. The van der Waals surface area contributed by atoms with Gasteiger partial charge in [0.1, 0.15) is 24.0 Å². The number of benzene rings is 3. The van der Waals surface area contributed by atoms with Crippen LogP contribution in [-0.4, -0.2) is 23.0 Å². The highest BCUT2D eigenvalue weighted by Gasteiger charge is 2.15. The third kappa shape index (κ3) is 6.03. The van der Waals surface area contributed by atoms with Crippen molar-refractivity contribution in [1.29, 1.82) is 5.26 Å². The van der Waals surface area contributed by atoms with Gasteiger partial charge in [0.25, 0.3) is 11.6 Å². The van der Waals surface area contributed by atoms with Gasteiger partial charge in [-0.1, -0.05) is 29.8 Å². The molecule has 0 heterocycles. The van der Waals surface area contributed by atoms with E-state index in [0.717, 1.165) is 17.7 Å². The summed E-state index contributed by atoms with van der Waals surface area (Å²) in [6.45, 7) is 0.261. The first kappa shape index (κ1) is 24.1. The number of ether oxygens (including phenoxy) is 2. The quantitative estimate of drug-likeness (QED) is 0.151. The van der Waals surface area contributed by atoms with Crippen LogP contribution in [0.3, 0.4) is 0 Å². The number of non-ortho nitro benzene ring substituents is 1. The van der Waals surface area contributed by atoms with Crippen LogP contribution in [0, 0.1) is 21.4 Å². The lowest BCUT2D eigenvalue weighted by atomic mass is 10.1. The van der Waals surface area contributed by atoms with Crippen molar-refractivity contribution >= 4 is 35.0 Å². The van der Waals surface area contributed by atoms with E-state index in [1.54, 1.807) is 36.4 Å². The first-order valence-electron chi connectivity index (χ1n) is 9.76. The zero-order chi connectivity index (χ0) is 24.7. The number of aromatic hydroxyl groups is 1. The number of amides is 1. The number of halogens is 1. The van der Waals surface area contributed by atoms with Crippen molar-refractivity contribution < 1.29 is 24.3 Å². The topological polar surface area (TPSA) is 135 Å². The van der Waals surface area contributed by atoms with Crippen molar-refractivity contribution in [3.63, 3.8) is 0 Å². The van der Waals surface area contributed by atoms with E-state index in [1.165, 1.54) is 19.3 Å². The van der Waals surface area contributed by atoms with Gasteiger partial charge in [0, 0.05) is 11.1 Å². The fraction of sp³-hybridized carbons (Fsp3) is 0.0833. The van der Waals surface area contributed by atoms with Gasteiger partial charge in [-0.05, 0) is 47.5 Å². The maximum Gasteiger partial charge on any atom is 0.273 e. The molecule has 0 aliphatic heterocycles. The molecule has 10 heteroatoms. The predicted octanol–water partition coefficient (Wildman–Crippen LogP) is 5.09. The first-order chi connectivity index (χ1) is 16.3. The third-order valence-electron chi connectivity index (χ3n) is 4.59. The van der Waals surface area contributed by atoms with Crippen molar-refractivity contribution in [2.24, 2.45) is 0 Å². The fourth-order valence-corrected chi connectivity index (χ4v) is 3.14. The van der Waals surface area contributed by atoms with E-state index in [0.29, 0.717) is 22.1 Å². The van der Waals surface area contributed by atoms with Gasteiger partial charge in [0.15, 0.2) is 11.5 Å². The maximum atomic E-state index is 12.5. The molecule has 3 aromatic rings. The molecule has 34 heavy (non-hydrogen) atoms. The number of nitrogens with one attached hydrogen (secondary N) is 1. The van der Waals surface area contributed by atoms with Crippen LogP contribution >= 0.6 is 11.6 Å². The van der Waals surface area contributed by atoms with Gasteiger partial charge in [-0.2, -0.15) is 5.26 Å². The van der Waals surface area contributed by atoms with E-state index in [2.05, 4.69) is 5.32 Å². The smallest absolute Gasteiger partial charge is 0.273 e.